The fraction of sp³-hybridized carbons (Fsp3) is 0.400. The van der Waals surface area contributed by atoms with E-state index in [2.05, 4.69) is 23.9 Å². The topological polar surface area (TPSA) is 47.8 Å². The second kappa shape index (κ2) is 6.18. The van der Waals surface area contributed by atoms with E-state index < -0.39 is 0 Å². The highest BCUT2D eigenvalue weighted by Crippen LogP contribution is 2.20. The van der Waals surface area contributed by atoms with Crippen LogP contribution in [0, 0.1) is 12.8 Å². The van der Waals surface area contributed by atoms with E-state index >= 15 is 0 Å². The third kappa shape index (κ3) is 3.25. The van der Waals surface area contributed by atoms with E-state index in [0.717, 1.165) is 12.1 Å². The molecule has 1 aromatic heterocycles. The average Bonchev–Trinajstić information content (AvgIpc) is 2.79. The Kier molecular flexibility index (Phi) is 4.55. The second-order valence-electron chi connectivity index (χ2n) is 5.26. The van der Waals surface area contributed by atoms with Gasteiger partial charge in [-0.05, 0) is 24.5 Å². The van der Waals surface area contributed by atoms with Crippen molar-refractivity contribution >= 4 is 17.4 Å². The van der Waals surface area contributed by atoms with Gasteiger partial charge < -0.3 is 0 Å². The summed E-state index contributed by atoms with van der Waals surface area (Å²) in [6.07, 6.45) is 1.74. The Morgan fingerprint density at radius 3 is 2.85 bits per heavy atom. The van der Waals surface area contributed by atoms with Gasteiger partial charge in [-0.3, -0.25) is 4.79 Å². The normalized spacial score (nSPS) is 11.1. The maximum Gasteiger partial charge on any atom is 0.170 e. The van der Waals surface area contributed by atoms with Gasteiger partial charge in [0, 0.05) is 17.1 Å². The number of rotatable bonds is 5. The van der Waals surface area contributed by atoms with Gasteiger partial charge in [-0.2, -0.15) is 5.10 Å². The zero-order valence-electron chi connectivity index (χ0n) is 11.9. The molecule has 0 aliphatic carbocycles. The summed E-state index contributed by atoms with van der Waals surface area (Å²) in [5, 5.41) is 4.78. The predicted octanol–water partition coefficient (Wildman–Crippen LogP) is 3.32. The van der Waals surface area contributed by atoms with Gasteiger partial charge in [0.05, 0.1) is 6.42 Å². The third-order valence-corrected chi connectivity index (χ3v) is 3.53. The quantitative estimate of drug-likeness (QED) is 0.794. The van der Waals surface area contributed by atoms with Crippen LogP contribution in [0.25, 0.3) is 0 Å². The lowest BCUT2D eigenvalue weighted by Crippen LogP contribution is -2.15. The average molecular weight is 292 g/mol. The first-order chi connectivity index (χ1) is 9.49. The molecule has 4 nitrogen and oxygen atoms in total. The van der Waals surface area contributed by atoms with Crippen LogP contribution in [0.3, 0.4) is 0 Å². The standard InChI is InChI=1S/C15H18ClN3O/c1-10(2)8-19-15(17-9-18-19)7-14(20)12-5-4-6-13(16)11(12)3/h4-6,9-10H,7-8H2,1-3H3. The summed E-state index contributed by atoms with van der Waals surface area (Å²) < 4.78 is 1.79. The molecule has 1 aromatic carbocycles. The fourth-order valence-corrected chi connectivity index (χ4v) is 2.25. The highest BCUT2D eigenvalue weighted by molar-refractivity contribution is 6.31. The molecular formula is C15H18ClN3O. The third-order valence-electron chi connectivity index (χ3n) is 3.12. The van der Waals surface area contributed by atoms with E-state index in [1.165, 1.54) is 6.33 Å². The van der Waals surface area contributed by atoms with Crippen molar-refractivity contribution in [2.24, 2.45) is 5.92 Å². The maximum atomic E-state index is 12.4. The van der Waals surface area contributed by atoms with Crippen LogP contribution in [-0.2, 0) is 13.0 Å². The number of ketones is 1. The molecule has 5 heteroatoms. The van der Waals surface area contributed by atoms with Crippen molar-refractivity contribution in [1.29, 1.82) is 0 Å². The summed E-state index contributed by atoms with van der Waals surface area (Å²) in [5.74, 6) is 1.17. The molecule has 0 fully saturated rings. The van der Waals surface area contributed by atoms with Crippen LogP contribution in [0.5, 0.6) is 0 Å². The van der Waals surface area contributed by atoms with Crippen LogP contribution in [0.4, 0.5) is 0 Å². The first kappa shape index (κ1) is 14.7. The number of nitrogens with zero attached hydrogens (tertiary/aromatic N) is 3. The lowest BCUT2D eigenvalue weighted by Gasteiger charge is -2.09. The monoisotopic (exact) mass is 291 g/mol. The van der Waals surface area contributed by atoms with Crippen molar-refractivity contribution in [2.45, 2.75) is 33.7 Å². The van der Waals surface area contributed by atoms with Gasteiger partial charge in [0.15, 0.2) is 5.78 Å². The molecule has 2 aromatic rings. The molecule has 0 unspecified atom stereocenters. The number of hydrogen-bond acceptors (Lipinski definition) is 3. The molecule has 0 amide bonds. The predicted molar refractivity (Wildman–Crippen MR) is 79.1 cm³/mol. The molecule has 0 N–H and O–H groups in total. The van der Waals surface area contributed by atoms with E-state index in [1.54, 1.807) is 22.9 Å². The van der Waals surface area contributed by atoms with Crippen molar-refractivity contribution in [2.75, 3.05) is 0 Å². The van der Waals surface area contributed by atoms with Crippen molar-refractivity contribution < 1.29 is 4.79 Å². The Balaban J connectivity index is 2.20. The zero-order valence-corrected chi connectivity index (χ0v) is 12.7. The Morgan fingerprint density at radius 2 is 2.15 bits per heavy atom. The molecule has 106 valence electrons. The van der Waals surface area contributed by atoms with Gasteiger partial charge in [-0.25, -0.2) is 9.67 Å². The number of halogens is 1. The Bertz CT molecular complexity index is 619. The molecule has 0 atom stereocenters. The lowest BCUT2D eigenvalue weighted by molar-refractivity contribution is 0.0988. The van der Waals surface area contributed by atoms with Crippen LogP contribution in [0.1, 0.15) is 35.6 Å². The SMILES string of the molecule is Cc1c(Cl)cccc1C(=O)Cc1ncnn1CC(C)C. The summed E-state index contributed by atoms with van der Waals surface area (Å²) in [6.45, 7) is 6.83. The van der Waals surface area contributed by atoms with E-state index in [9.17, 15) is 4.79 Å². The summed E-state index contributed by atoms with van der Waals surface area (Å²) >= 11 is 6.05. The molecule has 20 heavy (non-hydrogen) atoms. The van der Waals surface area contributed by atoms with Gasteiger partial charge in [0.1, 0.15) is 12.2 Å². The summed E-state index contributed by atoms with van der Waals surface area (Å²) in [5.41, 5.74) is 1.46. The van der Waals surface area contributed by atoms with Gasteiger partial charge in [0.2, 0.25) is 0 Å². The molecule has 0 saturated heterocycles. The first-order valence-corrected chi connectivity index (χ1v) is 7.01. The minimum Gasteiger partial charge on any atom is -0.294 e. The van der Waals surface area contributed by atoms with Crippen LogP contribution in [0.15, 0.2) is 24.5 Å². The van der Waals surface area contributed by atoms with Crippen molar-refractivity contribution in [3.05, 3.63) is 46.5 Å². The molecule has 0 aliphatic rings. The number of benzene rings is 1. The molecule has 0 bridgehead atoms. The van der Waals surface area contributed by atoms with Crippen molar-refractivity contribution in [1.82, 2.24) is 14.8 Å². The maximum absolute atomic E-state index is 12.4. The highest BCUT2D eigenvalue weighted by Gasteiger charge is 2.15. The van der Waals surface area contributed by atoms with Crippen LogP contribution in [-0.4, -0.2) is 20.5 Å². The van der Waals surface area contributed by atoms with E-state index in [4.69, 9.17) is 11.6 Å². The minimum atomic E-state index is 0.0167. The molecule has 0 spiro atoms. The van der Waals surface area contributed by atoms with Gasteiger partial charge in [-0.15, -0.1) is 0 Å². The fourth-order valence-electron chi connectivity index (χ4n) is 2.07. The molecule has 0 radical (unpaired) electrons. The van der Waals surface area contributed by atoms with E-state index in [0.29, 0.717) is 22.3 Å². The van der Waals surface area contributed by atoms with E-state index in [1.807, 2.05) is 6.92 Å². The molecule has 2 rings (SSSR count). The molecule has 0 saturated carbocycles. The number of aromatic nitrogens is 3. The summed E-state index contributed by atoms with van der Waals surface area (Å²) in [7, 11) is 0. The Labute approximate surface area is 123 Å². The van der Waals surface area contributed by atoms with Gasteiger partial charge in [0.25, 0.3) is 0 Å². The Morgan fingerprint density at radius 1 is 1.40 bits per heavy atom. The van der Waals surface area contributed by atoms with Gasteiger partial charge in [-0.1, -0.05) is 37.6 Å². The largest absolute Gasteiger partial charge is 0.294 e. The van der Waals surface area contributed by atoms with Crippen LogP contribution >= 0.6 is 11.6 Å². The molecular weight excluding hydrogens is 274 g/mol. The number of carbonyl (C=O) groups is 1. The smallest absolute Gasteiger partial charge is 0.170 e. The van der Waals surface area contributed by atoms with Crippen molar-refractivity contribution in [3.63, 3.8) is 0 Å². The molecule has 0 aliphatic heterocycles. The highest BCUT2D eigenvalue weighted by atomic mass is 35.5. The lowest BCUT2D eigenvalue weighted by atomic mass is 10.0. The number of Topliss-reactive ketones (excluding diaryl/α,β-unsaturated/α-hetero) is 1. The van der Waals surface area contributed by atoms with E-state index in [-0.39, 0.29) is 12.2 Å². The minimum absolute atomic E-state index is 0.0167. The van der Waals surface area contributed by atoms with Gasteiger partial charge >= 0.3 is 0 Å². The summed E-state index contributed by atoms with van der Waals surface area (Å²) in [4.78, 5) is 16.6. The first-order valence-electron chi connectivity index (χ1n) is 6.64. The zero-order chi connectivity index (χ0) is 14.7. The molecule has 1 heterocycles. The summed E-state index contributed by atoms with van der Waals surface area (Å²) in [6, 6.07) is 5.38. The Hall–Kier alpha value is -1.68. The number of carbonyl (C=O) groups excluding carboxylic acids is 1. The van der Waals surface area contributed by atoms with Crippen LogP contribution in [0.2, 0.25) is 5.02 Å². The number of hydrogen-bond donors (Lipinski definition) is 0. The van der Waals surface area contributed by atoms with Crippen molar-refractivity contribution in [3.8, 4) is 0 Å². The van der Waals surface area contributed by atoms with Crippen LogP contribution < -0.4 is 0 Å². The second-order valence-corrected chi connectivity index (χ2v) is 5.67.